The van der Waals surface area contributed by atoms with Gasteiger partial charge in [0.25, 0.3) is 0 Å². The Morgan fingerprint density at radius 2 is 1.70 bits per heavy atom. The molecule has 0 aliphatic carbocycles. The van der Waals surface area contributed by atoms with Gasteiger partial charge in [0.1, 0.15) is 5.92 Å². The topological polar surface area (TPSA) is 53.5 Å². The van der Waals surface area contributed by atoms with Crippen molar-refractivity contribution < 1.29 is 4.79 Å². The average molecular weight is 323 g/mol. The first-order valence-electron chi connectivity index (χ1n) is 7.41. The van der Waals surface area contributed by atoms with Gasteiger partial charge in [0.2, 0.25) is 5.91 Å². The van der Waals surface area contributed by atoms with Crippen LogP contribution in [0.5, 0.6) is 0 Å². The Kier molecular flexibility index (Phi) is 4.48. The van der Waals surface area contributed by atoms with Crippen LogP contribution in [0.15, 0.2) is 65.7 Å². The van der Waals surface area contributed by atoms with E-state index in [-0.39, 0.29) is 11.9 Å². The molecule has 1 amide bonds. The summed E-state index contributed by atoms with van der Waals surface area (Å²) in [5, 5.41) is 6.53. The molecule has 0 bridgehead atoms. The molecule has 3 rings (SSSR count). The van der Waals surface area contributed by atoms with Crippen molar-refractivity contribution in [3.63, 3.8) is 0 Å². The van der Waals surface area contributed by atoms with Crippen molar-refractivity contribution >= 4 is 34.6 Å². The fourth-order valence-corrected chi connectivity index (χ4v) is 3.01. The maximum atomic E-state index is 12.8. The van der Waals surface area contributed by atoms with Crippen molar-refractivity contribution in [3.05, 3.63) is 66.2 Å². The second-order valence-corrected chi connectivity index (χ2v) is 5.81. The molecule has 2 aromatic carbocycles. The van der Waals surface area contributed by atoms with Crippen LogP contribution < -0.4 is 10.6 Å². The summed E-state index contributed by atoms with van der Waals surface area (Å²) in [4.78, 5) is 17.1. The molecule has 2 N–H and O–H groups in total. The smallest absolute Gasteiger partial charge is 0.235 e. The van der Waals surface area contributed by atoms with Gasteiger partial charge in [0, 0.05) is 11.4 Å². The van der Waals surface area contributed by atoms with Gasteiger partial charge >= 0.3 is 0 Å². The fourth-order valence-electron chi connectivity index (χ4n) is 2.74. The molecule has 23 heavy (non-hydrogen) atoms. The van der Waals surface area contributed by atoms with E-state index in [1.54, 1.807) is 0 Å². The summed E-state index contributed by atoms with van der Waals surface area (Å²) in [5.74, 6) is -0.509. The zero-order valence-corrected chi connectivity index (χ0v) is 13.5. The maximum Gasteiger partial charge on any atom is 0.235 e. The molecular weight excluding hydrogens is 306 g/mol. The highest BCUT2D eigenvalue weighted by molar-refractivity contribution is 7.80. The first kappa shape index (κ1) is 15.4. The van der Waals surface area contributed by atoms with Crippen molar-refractivity contribution in [1.29, 1.82) is 0 Å². The van der Waals surface area contributed by atoms with E-state index < -0.39 is 5.92 Å². The van der Waals surface area contributed by atoms with Crippen molar-refractivity contribution in [1.82, 2.24) is 5.32 Å². The Morgan fingerprint density at radius 3 is 2.35 bits per heavy atom. The molecule has 1 heterocycles. The normalized spacial score (nSPS) is 20.4. The summed E-state index contributed by atoms with van der Waals surface area (Å²) in [6, 6.07) is 19.0. The van der Waals surface area contributed by atoms with Gasteiger partial charge in [-0.15, -0.1) is 0 Å². The minimum Gasteiger partial charge on any atom is -0.353 e. The van der Waals surface area contributed by atoms with E-state index in [1.165, 1.54) is 0 Å². The Hall–Kier alpha value is -2.53. The number of benzene rings is 2. The van der Waals surface area contributed by atoms with Gasteiger partial charge in [-0.2, -0.15) is 0 Å². The minimum absolute atomic E-state index is 0.0960. The molecule has 0 spiro atoms. The van der Waals surface area contributed by atoms with Crippen LogP contribution in [0.2, 0.25) is 0 Å². The number of carbonyl (C=O) groups excluding carboxylic acids is 1. The van der Waals surface area contributed by atoms with Crippen LogP contribution in [0.3, 0.4) is 0 Å². The fraction of sp³-hybridized carbons (Fsp3) is 0.167. The van der Waals surface area contributed by atoms with E-state index in [0.29, 0.717) is 5.11 Å². The van der Waals surface area contributed by atoms with Gasteiger partial charge in [-0.25, -0.2) is 4.99 Å². The summed E-state index contributed by atoms with van der Waals surface area (Å²) in [5.41, 5.74) is 2.50. The van der Waals surface area contributed by atoms with E-state index in [9.17, 15) is 4.79 Å². The van der Waals surface area contributed by atoms with Crippen molar-refractivity contribution in [3.8, 4) is 0 Å². The monoisotopic (exact) mass is 323 g/mol. The van der Waals surface area contributed by atoms with E-state index >= 15 is 0 Å². The summed E-state index contributed by atoms with van der Waals surface area (Å²) in [7, 11) is 0. The van der Waals surface area contributed by atoms with Crippen molar-refractivity contribution in [2.24, 2.45) is 10.9 Å². The Morgan fingerprint density at radius 1 is 1.09 bits per heavy atom. The molecule has 0 radical (unpaired) electrons. The van der Waals surface area contributed by atoms with Gasteiger partial charge < -0.3 is 10.6 Å². The standard InChI is InChI=1S/C18H17N3OS/c1-12-15(17(22)20-14-10-6-3-7-11-14)16(21-18(23)19-12)13-8-4-2-5-9-13/h2-11,15-16H,1H3,(H,20,22)(H,21,23). The number of amides is 1. The molecule has 0 fully saturated rings. The van der Waals surface area contributed by atoms with Gasteiger partial charge in [0.15, 0.2) is 5.11 Å². The Bertz CT molecular complexity index is 743. The number of carbonyl (C=O) groups is 1. The lowest BCUT2D eigenvalue weighted by molar-refractivity contribution is -0.118. The first-order chi connectivity index (χ1) is 11.1. The summed E-state index contributed by atoms with van der Waals surface area (Å²) >= 11 is 5.20. The molecule has 2 atom stereocenters. The highest BCUT2D eigenvalue weighted by atomic mass is 32.1. The summed E-state index contributed by atoms with van der Waals surface area (Å²) in [6.07, 6.45) is 0. The number of hydrogen-bond donors (Lipinski definition) is 2. The second-order valence-electron chi connectivity index (χ2n) is 5.42. The third-order valence-electron chi connectivity index (χ3n) is 3.82. The lowest BCUT2D eigenvalue weighted by Gasteiger charge is -2.31. The number of thiocarbonyl (C=S) groups is 1. The molecule has 4 nitrogen and oxygen atoms in total. The molecule has 5 heteroatoms. The van der Waals surface area contributed by atoms with Crippen molar-refractivity contribution in [2.75, 3.05) is 5.32 Å². The van der Waals surface area contributed by atoms with Crippen LogP contribution in [-0.2, 0) is 4.79 Å². The molecule has 0 saturated heterocycles. The van der Waals surface area contributed by atoms with E-state index in [4.69, 9.17) is 12.2 Å². The minimum atomic E-state index is -0.413. The van der Waals surface area contributed by atoms with Crippen LogP contribution in [0.4, 0.5) is 5.69 Å². The number of nitrogens with one attached hydrogen (secondary N) is 2. The lowest BCUT2D eigenvalue weighted by atomic mass is 9.87. The molecule has 1 aliphatic rings. The number of anilines is 1. The highest BCUT2D eigenvalue weighted by Gasteiger charge is 2.35. The molecule has 1 aliphatic heterocycles. The maximum absolute atomic E-state index is 12.8. The predicted octanol–water partition coefficient (Wildman–Crippen LogP) is 3.33. The molecule has 116 valence electrons. The number of hydrogen-bond acceptors (Lipinski definition) is 2. The molecule has 2 aromatic rings. The van der Waals surface area contributed by atoms with Gasteiger partial charge in [-0.1, -0.05) is 48.5 Å². The van der Waals surface area contributed by atoms with Crippen LogP contribution in [0, 0.1) is 5.92 Å². The SMILES string of the molecule is CC1=NC(=S)NC(c2ccccc2)C1C(=O)Nc1ccccc1. The van der Waals surface area contributed by atoms with Crippen LogP contribution in [0.1, 0.15) is 18.5 Å². The largest absolute Gasteiger partial charge is 0.353 e. The van der Waals surface area contributed by atoms with Crippen LogP contribution >= 0.6 is 12.2 Å². The first-order valence-corrected chi connectivity index (χ1v) is 7.82. The van der Waals surface area contributed by atoms with Gasteiger partial charge in [0.05, 0.1) is 6.04 Å². The molecule has 0 saturated carbocycles. The number of aliphatic imine (C=N–C) groups is 1. The Labute approximate surface area is 140 Å². The zero-order valence-electron chi connectivity index (χ0n) is 12.7. The third kappa shape index (κ3) is 3.46. The quantitative estimate of drug-likeness (QED) is 0.852. The number of rotatable bonds is 3. The van der Waals surface area contributed by atoms with Gasteiger partial charge in [-0.3, -0.25) is 4.79 Å². The third-order valence-corrected chi connectivity index (χ3v) is 4.03. The van der Waals surface area contributed by atoms with Crippen LogP contribution in [-0.4, -0.2) is 16.7 Å². The van der Waals surface area contributed by atoms with Gasteiger partial charge in [-0.05, 0) is 36.8 Å². The zero-order chi connectivity index (χ0) is 16.2. The molecule has 2 unspecified atom stereocenters. The highest BCUT2D eigenvalue weighted by Crippen LogP contribution is 2.28. The van der Waals surface area contributed by atoms with Crippen LogP contribution in [0.25, 0.3) is 0 Å². The van der Waals surface area contributed by atoms with Crippen molar-refractivity contribution in [2.45, 2.75) is 13.0 Å². The van der Waals surface area contributed by atoms with E-state index in [1.807, 2.05) is 67.6 Å². The van der Waals surface area contributed by atoms with E-state index in [2.05, 4.69) is 15.6 Å². The summed E-state index contributed by atoms with van der Waals surface area (Å²) in [6.45, 7) is 1.85. The number of para-hydroxylation sites is 1. The molecule has 0 aromatic heterocycles. The average Bonchev–Trinajstić information content (AvgIpc) is 2.55. The predicted molar refractivity (Wildman–Crippen MR) is 96.6 cm³/mol. The Balaban J connectivity index is 1.91. The summed E-state index contributed by atoms with van der Waals surface area (Å²) < 4.78 is 0. The molecular formula is C18H17N3OS. The second kappa shape index (κ2) is 6.71. The number of nitrogens with zero attached hydrogens (tertiary/aromatic N) is 1. The van der Waals surface area contributed by atoms with E-state index in [0.717, 1.165) is 17.0 Å². The lowest BCUT2D eigenvalue weighted by Crippen LogP contribution is -2.45.